The SMILES string of the molecule is CCNCCc1ccc(S(=O)(=O)NC(C)c2ccco2)s1. The fourth-order valence-electron chi connectivity index (χ4n) is 1.91. The highest BCUT2D eigenvalue weighted by molar-refractivity contribution is 7.91. The maximum atomic E-state index is 12.3. The smallest absolute Gasteiger partial charge is 0.250 e. The largest absolute Gasteiger partial charge is 0.468 e. The summed E-state index contributed by atoms with van der Waals surface area (Å²) in [7, 11) is -3.51. The lowest BCUT2D eigenvalue weighted by molar-refractivity contribution is 0.459. The molecule has 1 atom stereocenters. The van der Waals surface area contributed by atoms with E-state index in [1.807, 2.05) is 13.0 Å². The first-order chi connectivity index (χ1) is 10.0. The van der Waals surface area contributed by atoms with E-state index < -0.39 is 16.1 Å². The molecule has 0 amide bonds. The molecular formula is C14H20N2O3S2. The first kappa shape index (κ1) is 16.2. The topological polar surface area (TPSA) is 71.3 Å². The van der Waals surface area contributed by atoms with Gasteiger partial charge in [-0.15, -0.1) is 11.3 Å². The van der Waals surface area contributed by atoms with Crippen LogP contribution in [0.3, 0.4) is 0 Å². The summed E-state index contributed by atoms with van der Waals surface area (Å²) in [5.74, 6) is 0.600. The van der Waals surface area contributed by atoms with Gasteiger partial charge in [-0.3, -0.25) is 0 Å². The van der Waals surface area contributed by atoms with Crippen LogP contribution in [0.2, 0.25) is 0 Å². The van der Waals surface area contributed by atoms with E-state index in [2.05, 4.69) is 10.0 Å². The minimum absolute atomic E-state index is 0.340. The van der Waals surface area contributed by atoms with Crippen molar-refractivity contribution in [3.63, 3.8) is 0 Å². The number of hydrogen-bond donors (Lipinski definition) is 2. The van der Waals surface area contributed by atoms with Crippen molar-refractivity contribution >= 4 is 21.4 Å². The van der Waals surface area contributed by atoms with Crippen molar-refractivity contribution in [3.8, 4) is 0 Å². The van der Waals surface area contributed by atoms with Crippen LogP contribution in [0.1, 0.15) is 30.5 Å². The number of thiophene rings is 1. The molecule has 116 valence electrons. The number of furan rings is 1. The summed E-state index contributed by atoms with van der Waals surface area (Å²) in [5, 5.41) is 3.22. The second kappa shape index (κ2) is 7.22. The normalized spacial score (nSPS) is 13.4. The maximum absolute atomic E-state index is 12.3. The van der Waals surface area contributed by atoms with E-state index in [-0.39, 0.29) is 0 Å². The third kappa shape index (κ3) is 4.41. The van der Waals surface area contributed by atoms with E-state index in [1.54, 1.807) is 25.1 Å². The number of rotatable bonds is 8. The number of nitrogens with one attached hydrogen (secondary N) is 2. The lowest BCUT2D eigenvalue weighted by Gasteiger charge is -2.10. The van der Waals surface area contributed by atoms with Gasteiger partial charge in [0.25, 0.3) is 10.0 Å². The summed E-state index contributed by atoms with van der Waals surface area (Å²) in [6.45, 7) is 5.58. The van der Waals surface area contributed by atoms with Gasteiger partial charge in [0.1, 0.15) is 9.97 Å². The highest BCUT2D eigenvalue weighted by Crippen LogP contribution is 2.24. The monoisotopic (exact) mass is 328 g/mol. The molecule has 1 unspecified atom stereocenters. The molecule has 0 spiro atoms. The van der Waals surface area contributed by atoms with Crippen molar-refractivity contribution in [1.29, 1.82) is 0 Å². The number of sulfonamides is 1. The van der Waals surface area contributed by atoms with Gasteiger partial charge in [-0.2, -0.15) is 0 Å². The molecular weight excluding hydrogens is 308 g/mol. The van der Waals surface area contributed by atoms with Crippen LogP contribution < -0.4 is 10.0 Å². The van der Waals surface area contributed by atoms with Crippen LogP contribution in [0.4, 0.5) is 0 Å². The Labute approximate surface area is 129 Å². The predicted molar refractivity (Wildman–Crippen MR) is 84.0 cm³/mol. The lowest BCUT2D eigenvalue weighted by atomic mass is 10.3. The lowest BCUT2D eigenvalue weighted by Crippen LogP contribution is -2.25. The molecule has 0 aliphatic rings. The van der Waals surface area contributed by atoms with Gasteiger partial charge in [-0.05, 0) is 50.7 Å². The zero-order valence-corrected chi connectivity index (χ0v) is 13.8. The van der Waals surface area contributed by atoms with E-state index >= 15 is 0 Å². The van der Waals surface area contributed by atoms with Crippen LogP contribution >= 0.6 is 11.3 Å². The molecule has 7 heteroatoms. The van der Waals surface area contributed by atoms with Gasteiger partial charge in [-0.1, -0.05) is 6.92 Å². The fraction of sp³-hybridized carbons (Fsp3) is 0.429. The summed E-state index contributed by atoms with van der Waals surface area (Å²) < 4.78 is 32.8. The van der Waals surface area contributed by atoms with Crippen molar-refractivity contribution in [3.05, 3.63) is 41.2 Å². The summed E-state index contributed by atoms with van der Waals surface area (Å²) in [5.41, 5.74) is 0. The molecule has 0 bridgehead atoms. The zero-order valence-electron chi connectivity index (χ0n) is 12.1. The zero-order chi connectivity index (χ0) is 15.3. The van der Waals surface area contributed by atoms with Gasteiger partial charge in [0.05, 0.1) is 12.3 Å². The van der Waals surface area contributed by atoms with Gasteiger partial charge in [0, 0.05) is 4.88 Å². The molecule has 2 aromatic heterocycles. The average molecular weight is 328 g/mol. The molecule has 2 heterocycles. The molecule has 2 N–H and O–H groups in total. The molecule has 0 radical (unpaired) electrons. The molecule has 0 fully saturated rings. The van der Waals surface area contributed by atoms with Crippen molar-refractivity contribution in [2.24, 2.45) is 0 Å². The van der Waals surface area contributed by atoms with Crippen LogP contribution in [-0.4, -0.2) is 21.5 Å². The van der Waals surface area contributed by atoms with Crippen molar-refractivity contribution in [1.82, 2.24) is 10.0 Å². The quantitative estimate of drug-likeness (QED) is 0.731. The van der Waals surface area contributed by atoms with E-state index in [9.17, 15) is 8.42 Å². The van der Waals surface area contributed by atoms with Gasteiger partial charge < -0.3 is 9.73 Å². The molecule has 0 aliphatic heterocycles. The van der Waals surface area contributed by atoms with Crippen LogP contribution in [0.15, 0.2) is 39.2 Å². The fourth-order valence-corrected chi connectivity index (χ4v) is 4.50. The molecule has 0 saturated carbocycles. The number of hydrogen-bond acceptors (Lipinski definition) is 5. The summed E-state index contributed by atoms with van der Waals surface area (Å²) in [6.07, 6.45) is 2.37. The third-order valence-electron chi connectivity index (χ3n) is 3.00. The first-order valence-electron chi connectivity index (χ1n) is 6.88. The molecule has 5 nitrogen and oxygen atoms in total. The second-order valence-corrected chi connectivity index (χ2v) is 7.79. The van der Waals surface area contributed by atoms with Crippen LogP contribution in [0.5, 0.6) is 0 Å². The van der Waals surface area contributed by atoms with Crippen LogP contribution in [0.25, 0.3) is 0 Å². The maximum Gasteiger partial charge on any atom is 0.250 e. The van der Waals surface area contributed by atoms with E-state index in [0.29, 0.717) is 9.97 Å². The molecule has 0 aliphatic carbocycles. The van der Waals surface area contributed by atoms with E-state index in [1.165, 1.54) is 17.6 Å². The summed E-state index contributed by atoms with van der Waals surface area (Å²) in [6, 6.07) is 6.63. The van der Waals surface area contributed by atoms with E-state index in [0.717, 1.165) is 24.4 Å². The Morgan fingerprint density at radius 3 is 2.81 bits per heavy atom. The molecule has 2 rings (SSSR count). The Morgan fingerprint density at radius 2 is 2.14 bits per heavy atom. The highest BCUT2D eigenvalue weighted by Gasteiger charge is 2.21. The number of likely N-dealkylation sites (N-methyl/N-ethyl adjacent to an activating group) is 1. The Hall–Kier alpha value is -1.15. The van der Waals surface area contributed by atoms with Gasteiger partial charge >= 0.3 is 0 Å². The van der Waals surface area contributed by atoms with E-state index in [4.69, 9.17) is 4.42 Å². The standard InChI is InChI=1S/C14H20N2O3S2/c1-3-15-9-8-12-6-7-14(20-12)21(17,18)16-11(2)13-5-4-10-19-13/h4-7,10-11,15-16H,3,8-9H2,1-2H3. The van der Waals surface area contributed by atoms with Crippen LogP contribution in [0, 0.1) is 0 Å². The van der Waals surface area contributed by atoms with Gasteiger partial charge in [-0.25, -0.2) is 13.1 Å². The molecule has 2 aromatic rings. The Bertz CT molecular complexity index is 648. The van der Waals surface area contributed by atoms with Gasteiger partial charge in [0.2, 0.25) is 0 Å². The first-order valence-corrected chi connectivity index (χ1v) is 9.18. The molecule has 21 heavy (non-hydrogen) atoms. The third-order valence-corrected chi connectivity index (χ3v) is 6.18. The molecule has 0 aromatic carbocycles. The van der Waals surface area contributed by atoms with Gasteiger partial charge in [0.15, 0.2) is 0 Å². The van der Waals surface area contributed by atoms with Crippen molar-refractivity contribution < 1.29 is 12.8 Å². The second-order valence-electron chi connectivity index (χ2n) is 4.68. The van der Waals surface area contributed by atoms with Crippen molar-refractivity contribution in [2.75, 3.05) is 13.1 Å². The Kier molecular flexibility index (Phi) is 5.58. The minimum Gasteiger partial charge on any atom is -0.468 e. The Balaban J connectivity index is 2.02. The predicted octanol–water partition coefficient (Wildman–Crippen LogP) is 2.53. The van der Waals surface area contributed by atoms with Crippen molar-refractivity contribution in [2.45, 2.75) is 30.5 Å². The minimum atomic E-state index is -3.51. The summed E-state index contributed by atoms with van der Waals surface area (Å²) >= 11 is 1.31. The highest BCUT2D eigenvalue weighted by atomic mass is 32.2. The Morgan fingerprint density at radius 1 is 1.33 bits per heavy atom. The summed E-state index contributed by atoms with van der Waals surface area (Å²) in [4.78, 5) is 1.06. The molecule has 0 saturated heterocycles. The van der Waals surface area contributed by atoms with Crippen LogP contribution in [-0.2, 0) is 16.4 Å². The average Bonchev–Trinajstić information content (AvgIpc) is 3.10.